The van der Waals surface area contributed by atoms with E-state index in [2.05, 4.69) is 5.32 Å². The molecule has 0 aromatic carbocycles. The monoisotopic (exact) mass is 275 g/mol. The molecule has 18 heavy (non-hydrogen) atoms. The van der Waals surface area contributed by atoms with Crippen LogP contribution in [0, 0.1) is 5.92 Å². The largest absolute Gasteiger partial charge is 0.383 e. The van der Waals surface area contributed by atoms with Crippen LogP contribution in [-0.4, -0.2) is 31.5 Å². The first-order chi connectivity index (χ1) is 8.76. The zero-order valence-corrected chi connectivity index (χ0v) is 12.2. The zero-order chi connectivity index (χ0) is 13.2. The molecule has 0 heterocycles. The molecule has 0 aliphatic heterocycles. The molecule has 0 saturated heterocycles. The van der Waals surface area contributed by atoms with Crippen molar-refractivity contribution in [3.63, 3.8) is 0 Å². The molecule has 1 amide bonds. The van der Waals surface area contributed by atoms with Crippen LogP contribution >= 0.6 is 11.6 Å². The minimum Gasteiger partial charge on any atom is -0.383 e. The molecule has 1 N–H and O–H groups in total. The molecular formula is C14H26ClNO2. The lowest BCUT2D eigenvalue weighted by atomic mass is 9.86. The van der Waals surface area contributed by atoms with Gasteiger partial charge in [-0.15, -0.1) is 11.6 Å². The summed E-state index contributed by atoms with van der Waals surface area (Å²) in [5.74, 6) is 1.46. The van der Waals surface area contributed by atoms with Gasteiger partial charge in [0.15, 0.2) is 0 Å². The van der Waals surface area contributed by atoms with Crippen molar-refractivity contribution in [2.24, 2.45) is 5.92 Å². The lowest BCUT2D eigenvalue weighted by molar-refractivity contribution is -0.122. The van der Waals surface area contributed by atoms with Gasteiger partial charge in [0.05, 0.1) is 12.6 Å². The second-order valence-corrected chi connectivity index (χ2v) is 5.62. The van der Waals surface area contributed by atoms with Crippen molar-refractivity contribution in [2.75, 3.05) is 19.6 Å². The van der Waals surface area contributed by atoms with Crippen molar-refractivity contribution >= 4 is 17.5 Å². The standard InChI is InChI=1S/C14H26ClNO2/c1-18-11-13(9-10-15)16-14(17)8-7-12-5-3-2-4-6-12/h12-13H,2-11H2,1H3,(H,16,17). The van der Waals surface area contributed by atoms with E-state index in [1.807, 2.05) is 0 Å². The average molecular weight is 276 g/mol. The Kier molecular flexibility index (Phi) is 8.44. The molecule has 1 unspecified atom stereocenters. The molecule has 0 aromatic heterocycles. The molecule has 1 fully saturated rings. The fraction of sp³-hybridized carbons (Fsp3) is 0.929. The molecule has 1 aliphatic carbocycles. The van der Waals surface area contributed by atoms with Crippen molar-refractivity contribution in [1.29, 1.82) is 0 Å². The summed E-state index contributed by atoms with van der Waals surface area (Å²) in [5, 5.41) is 3.01. The molecule has 1 rings (SSSR count). The average Bonchev–Trinajstić information content (AvgIpc) is 2.38. The van der Waals surface area contributed by atoms with E-state index in [0.29, 0.717) is 18.9 Å². The maximum absolute atomic E-state index is 11.8. The van der Waals surface area contributed by atoms with Crippen molar-refractivity contribution in [2.45, 2.75) is 57.4 Å². The summed E-state index contributed by atoms with van der Waals surface area (Å²) in [7, 11) is 1.65. The van der Waals surface area contributed by atoms with Crippen molar-refractivity contribution in [3.05, 3.63) is 0 Å². The molecule has 4 heteroatoms. The summed E-state index contributed by atoms with van der Waals surface area (Å²) < 4.78 is 5.08. The topological polar surface area (TPSA) is 38.3 Å². The van der Waals surface area contributed by atoms with Crippen LogP contribution in [0.2, 0.25) is 0 Å². The minimum absolute atomic E-state index is 0.0614. The number of carbonyl (C=O) groups is 1. The fourth-order valence-electron chi connectivity index (χ4n) is 2.64. The molecule has 106 valence electrons. The number of alkyl halides is 1. The number of hydrogen-bond donors (Lipinski definition) is 1. The van der Waals surface area contributed by atoms with Gasteiger partial charge in [-0.1, -0.05) is 32.1 Å². The molecule has 0 spiro atoms. The van der Waals surface area contributed by atoms with Gasteiger partial charge in [-0.2, -0.15) is 0 Å². The Morgan fingerprint density at radius 1 is 1.39 bits per heavy atom. The number of ether oxygens (including phenoxy) is 1. The second kappa shape index (κ2) is 9.62. The molecule has 1 saturated carbocycles. The Balaban J connectivity index is 2.17. The van der Waals surface area contributed by atoms with Gasteiger partial charge in [-0.25, -0.2) is 0 Å². The van der Waals surface area contributed by atoms with Crippen LogP contribution in [0.1, 0.15) is 51.4 Å². The highest BCUT2D eigenvalue weighted by atomic mass is 35.5. The summed E-state index contributed by atoms with van der Waals surface area (Å²) in [6.45, 7) is 0.544. The molecule has 0 bridgehead atoms. The van der Waals surface area contributed by atoms with Gasteiger partial charge in [0.25, 0.3) is 0 Å². The number of methoxy groups -OCH3 is 1. The number of hydrogen-bond acceptors (Lipinski definition) is 2. The van der Waals surface area contributed by atoms with Gasteiger partial charge in [-0.05, 0) is 18.8 Å². The molecule has 1 aliphatic rings. The van der Waals surface area contributed by atoms with Crippen LogP contribution in [0.3, 0.4) is 0 Å². The summed E-state index contributed by atoms with van der Waals surface area (Å²) in [4.78, 5) is 11.8. The Labute approximate surface area is 116 Å². The number of amides is 1. The first-order valence-electron chi connectivity index (χ1n) is 7.10. The van der Waals surface area contributed by atoms with Crippen molar-refractivity contribution < 1.29 is 9.53 Å². The van der Waals surface area contributed by atoms with Gasteiger partial charge in [0, 0.05) is 19.4 Å². The lowest BCUT2D eigenvalue weighted by Crippen LogP contribution is -2.38. The van der Waals surface area contributed by atoms with Crippen molar-refractivity contribution in [3.8, 4) is 0 Å². The summed E-state index contributed by atoms with van der Waals surface area (Å²) in [6.07, 6.45) is 9.10. The predicted molar refractivity (Wildman–Crippen MR) is 75.0 cm³/mol. The fourth-order valence-corrected chi connectivity index (χ4v) is 2.90. The number of nitrogens with one attached hydrogen (secondary N) is 1. The highest BCUT2D eigenvalue weighted by Crippen LogP contribution is 2.27. The van der Waals surface area contributed by atoms with Crippen LogP contribution in [0.15, 0.2) is 0 Å². The van der Waals surface area contributed by atoms with E-state index in [4.69, 9.17) is 16.3 Å². The Morgan fingerprint density at radius 3 is 2.72 bits per heavy atom. The highest BCUT2D eigenvalue weighted by Gasteiger charge is 2.16. The zero-order valence-electron chi connectivity index (χ0n) is 11.4. The Hall–Kier alpha value is -0.280. The third-order valence-corrected chi connectivity index (χ3v) is 3.91. The van der Waals surface area contributed by atoms with E-state index in [9.17, 15) is 4.79 Å². The van der Waals surface area contributed by atoms with Gasteiger partial charge in [0.2, 0.25) is 5.91 Å². The van der Waals surface area contributed by atoms with Crippen LogP contribution in [0.5, 0.6) is 0 Å². The van der Waals surface area contributed by atoms with E-state index >= 15 is 0 Å². The van der Waals surface area contributed by atoms with E-state index in [1.165, 1.54) is 32.1 Å². The number of rotatable bonds is 8. The van der Waals surface area contributed by atoms with Gasteiger partial charge in [-0.3, -0.25) is 4.79 Å². The maximum Gasteiger partial charge on any atom is 0.220 e. The Morgan fingerprint density at radius 2 is 2.11 bits per heavy atom. The lowest BCUT2D eigenvalue weighted by Gasteiger charge is -2.22. The third kappa shape index (κ3) is 6.60. The highest BCUT2D eigenvalue weighted by molar-refractivity contribution is 6.17. The van der Waals surface area contributed by atoms with Gasteiger partial charge >= 0.3 is 0 Å². The minimum atomic E-state index is 0.0614. The maximum atomic E-state index is 11.8. The summed E-state index contributed by atoms with van der Waals surface area (Å²) in [5.41, 5.74) is 0. The number of halogens is 1. The van der Waals surface area contributed by atoms with Crippen LogP contribution in [0.4, 0.5) is 0 Å². The third-order valence-electron chi connectivity index (χ3n) is 3.69. The van der Waals surface area contributed by atoms with E-state index in [-0.39, 0.29) is 11.9 Å². The summed E-state index contributed by atoms with van der Waals surface area (Å²) >= 11 is 5.71. The first kappa shape index (κ1) is 15.8. The molecule has 3 nitrogen and oxygen atoms in total. The SMILES string of the molecule is COCC(CCCl)NC(=O)CCC1CCCCC1. The normalized spacial score (nSPS) is 18.6. The van der Waals surface area contributed by atoms with E-state index in [1.54, 1.807) is 7.11 Å². The van der Waals surface area contributed by atoms with Crippen LogP contribution in [-0.2, 0) is 9.53 Å². The van der Waals surface area contributed by atoms with Crippen molar-refractivity contribution in [1.82, 2.24) is 5.32 Å². The molecule has 1 atom stereocenters. The molecular weight excluding hydrogens is 250 g/mol. The molecule has 0 aromatic rings. The summed E-state index contributed by atoms with van der Waals surface area (Å²) in [6, 6.07) is 0.0614. The van der Waals surface area contributed by atoms with Gasteiger partial charge in [0.1, 0.15) is 0 Å². The van der Waals surface area contributed by atoms with Gasteiger partial charge < -0.3 is 10.1 Å². The number of carbonyl (C=O) groups excluding carboxylic acids is 1. The second-order valence-electron chi connectivity index (χ2n) is 5.24. The molecule has 0 radical (unpaired) electrons. The smallest absolute Gasteiger partial charge is 0.220 e. The first-order valence-corrected chi connectivity index (χ1v) is 7.64. The quantitative estimate of drug-likeness (QED) is 0.691. The van der Waals surface area contributed by atoms with E-state index < -0.39 is 0 Å². The van der Waals surface area contributed by atoms with Crippen LogP contribution in [0.25, 0.3) is 0 Å². The predicted octanol–water partition coefficient (Wildman–Crippen LogP) is 3.11. The Bertz CT molecular complexity index is 224. The van der Waals surface area contributed by atoms with Crippen LogP contribution < -0.4 is 5.32 Å². The van der Waals surface area contributed by atoms with E-state index in [0.717, 1.165) is 18.8 Å².